The van der Waals surface area contributed by atoms with Gasteiger partial charge in [0.15, 0.2) is 10.6 Å². The maximum atomic E-state index is 10.8. The quantitative estimate of drug-likeness (QED) is 0.450. The Kier molecular flexibility index (Phi) is 6.91. The first-order valence-electron chi connectivity index (χ1n) is 2.69. The Morgan fingerprint density at radius 2 is 1.46 bits per heavy atom. The van der Waals surface area contributed by atoms with Crippen molar-refractivity contribution in [1.82, 2.24) is 0 Å². The van der Waals surface area contributed by atoms with E-state index in [1.807, 2.05) is 0 Å². The molecule has 0 aliphatic rings. The summed E-state index contributed by atoms with van der Waals surface area (Å²) in [7, 11) is 0. The molecule has 0 aromatic heterocycles. The largest absolute Gasteiger partial charge is 0.424 e. The van der Waals surface area contributed by atoms with E-state index in [4.69, 9.17) is 69.6 Å². The highest BCUT2D eigenvalue weighted by atomic mass is 35.5. The molecule has 0 saturated heterocycles. The molecule has 0 aromatic rings. The first kappa shape index (κ1) is 13.9. The Morgan fingerprint density at radius 3 is 1.69 bits per heavy atom. The fourth-order valence-corrected chi connectivity index (χ4v) is 1.23. The normalized spacial score (nSPS) is 10.5. The number of alkyl halides is 4. The van der Waals surface area contributed by atoms with Crippen molar-refractivity contribution in [2.24, 2.45) is 0 Å². The van der Waals surface area contributed by atoms with Gasteiger partial charge in [0.25, 0.3) is 0 Å². The molecule has 13 heavy (non-hydrogen) atoms. The lowest BCUT2D eigenvalue weighted by atomic mass is 10.6. The van der Waals surface area contributed by atoms with Crippen LogP contribution < -0.4 is 0 Å². The minimum atomic E-state index is -1.35. The minimum absolute atomic E-state index is 0.303. The summed E-state index contributed by atoms with van der Waals surface area (Å²) in [6.45, 7) is 0. The lowest BCUT2D eigenvalue weighted by Crippen LogP contribution is -2.15. The molecule has 0 unspecified atom stereocenters. The van der Waals surface area contributed by atoms with Gasteiger partial charge >= 0.3 is 5.97 Å². The number of rotatable bonds is 3. The van der Waals surface area contributed by atoms with Crippen molar-refractivity contribution < 1.29 is 9.53 Å². The lowest BCUT2D eigenvalue weighted by Gasteiger charge is -2.09. The smallest absolute Gasteiger partial charge is 0.344 e. The van der Waals surface area contributed by atoms with Crippen molar-refractivity contribution in [2.45, 2.75) is 9.67 Å². The molecule has 0 amide bonds. The first-order valence-corrected chi connectivity index (χ1v) is 5.19. The zero-order valence-corrected chi connectivity index (χ0v) is 10.3. The van der Waals surface area contributed by atoms with Crippen LogP contribution in [0.4, 0.5) is 0 Å². The first-order chi connectivity index (χ1) is 5.86. The Bertz CT molecular complexity index is 219. The molecule has 0 atom stereocenters. The van der Waals surface area contributed by atoms with E-state index in [2.05, 4.69) is 4.74 Å². The standard InChI is InChI=1S/C5H2Cl6O2/c6-2(7)1(3(8)9)13-5(12)4(10)11/h2,4H. The van der Waals surface area contributed by atoms with Gasteiger partial charge in [-0.25, -0.2) is 4.79 Å². The number of esters is 1. The number of carbonyl (C=O) groups is 1. The van der Waals surface area contributed by atoms with Crippen LogP contribution in [0.3, 0.4) is 0 Å². The molecular formula is C5H2Cl6O2. The number of ether oxygens (including phenoxy) is 1. The van der Waals surface area contributed by atoms with Gasteiger partial charge in [0.05, 0.1) is 0 Å². The van der Waals surface area contributed by atoms with Crippen LogP contribution in [0.1, 0.15) is 0 Å². The maximum Gasteiger partial charge on any atom is 0.344 e. The predicted octanol–water partition coefficient (Wildman–Crippen LogP) is 3.78. The summed E-state index contributed by atoms with van der Waals surface area (Å²) in [5.41, 5.74) is 0. The topological polar surface area (TPSA) is 26.3 Å². The van der Waals surface area contributed by atoms with Crippen molar-refractivity contribution in [3.8, 4) is 0 Å². The van der Waals surface area contributed by atoms with Gasteiger partial charge in [-0.15, -0.1) is 0 Å². The molecule has 0 bridgehead atoms. The third kappa shape index (κ3) is 5.40. The Hall–Kier alpha value is 0.950. The summed E-state index contributed by atoms with van der Waals surface area (Å²) in [5.74, 6) is -1.26. The molecule has 0 saturated carbocycles. The van der Waals surface area contributed by atoms with Crippen LogP contribution in [-0.2, 0) is 9.53 Å². The molecule has 0 aliphatic heterocycles. The van der Waals surface area contributed by atoms with Gasteiger partial charge in [0.2, 0.25) is 4.84 Å². The molecule has 2 nitrogen and oxygen atoms in total. The van der Waals surface area contributed by atoms with Crippen LogP contribution >= 0.6 is 69.6 Å². The molecule has 0 heterocycles. The molecule has 0 fully saturated rings. The second-order valence-electron chi connectivity index (χ2n) is 1.65. The van der Waals surface area contributed by atoms with E-state index >= 15 is 0 Å². The second kappa shape index (κ2) is 6.44. The average Bonchev–Trinajstić information content (AvgIpc) is 1.97. The molecular weight excluding hydrogens is 305 g/mol. The fraction of sp³-hybridized carbons (Fsp3) is 0.400. The van der Waals surface area contributed by atoms with E-state index in [1.54, 1.807) is 0 Å². The molecule has 0 aliphatic carbocycles. The number of hydrogen-bond donors (Lipinski definition) is 0. The average molecular weight is 307 g/mol. The molecule has 0 N–H and O–H groups in total. The SMILES string of the molecule is O=C(OC(=C(Cl)Cl)C(Cl)Cl)C(Cl)Cl. The van der Waals surface area contributed by atoms with Crippen LogP contribution in [0.2, 0.25) is 0 Å². The van der Waals surface area contributed by atoms with Gasteiger partial charge in [-0.2, -0.15) is 0 Å². The van der Waals surface area contributed by atoms with E-state index in [0.29, 0.717) is 0 Å². The summed E-state index contributed by atoms with van der Waals surface area (Å²) in [4.78, 5) is 8.29. The Balaban J connectivity index is 4.48. The van der Waals surface area contributed by atoms with Crippen LogP contribution in [0.25, 0.3) is 0 Å². The Labute approximate surface area is 105 Å². The highest BCUT2D eigenvalue weighted by molar-refractivity contribution is 6.58. The fourth-order valence-electron chi connectivity index (χ4n) is 0.319. The van der Waals surface area contributed by atoms with E-state index in [9.17, 15) is 4.79 Å². The highest BCUT2D eigenvalue weighted by Gasteiger charge is 2.21. The van der Waals surface area contributed by atoms with E-state index < -0.39 is 15.6 Å². The highest BCUT2D eigenvalue weighted by Crippen LogP contribution is 2.25. The molecule has 8 heteroatoms. The number of allylic oxidation sites excluding steroid dienone is 1. The lowest BCUT2D eigenvalue weighted by molar-refractivity contribution is -0.137. The zero-order chi connectivity index (χ0) is 10.6. The summed E-state index contributed by atoms with van der Waals surface area (Å²) in [5, 5.41) is 0. The van der Waals surface area contributed by atoms with Gasteiger partial charge in [-0.05, 0) is 0 Å². The Morgan fingerprint density at radius 1 is 1.00 bits per heavy atom. The number of carbonyl (C=O) groups excluding carboxylic acids is 1. The van der Waals surface area contributed by atoms with E-state index in [0.717, 1.165) is 0 Å². The van der Waals surface area contributed by atoms with Crippen LogP contribution in [0.5, 0.6) is 0 Å². The second-order valence-corrected chi connectivity index (χ2v) is 4.79. The van der Waals surface area contributed by atoms with Crippen molar-refractivity contribution in [3.05, 3.63) is 10.3 Å². The molecule has 0 rings (SSSR count). The van der Waals surface area contributed by atoms with Crippen molar-refractivity contribution in [1.29, 1.82) is 0 Å². The molecule has 76 valence electrons. The number of hydrogen-bond acceptors (Lipinski definition) is 2. The molecule has 0 radical (unpaired) electrons. The van der Waals surface area contributed by atoms with Gasteiger partial charge in [0.1, 0.15) is 4.49 Å². The number of halogens is 6. The third-order valence-corrected chi connectivity index (χ3v) is 1.90. The molecule has 0 aromatic carbocycles. The van der Waals surface area contributed by atoms with Crippen LogP contribution in [-0.4, -0.2) is 15.6 Å². The van der Waals surface area contributed by atoms with Gasteiger partial charge < -0.3 is 4.74 Å². The summed E-state index contributed by atoms with van der Waals surface area (Å²) >= 11 is 31.7. The third-order valence-electron chi connectivity index (χ3n) is 0.773. The summed E-state index contributed by atoms with van der Waals surface area (Å²) < 4.78 is 4.12. The van der Waals surface area contributed by atoms with Crippen LogP contribution in [0, 0.1) is 0 Å². The summed E-state index contributed by atoms with van der Waals surface area (Å²) in [6, 6.07) is 0. The van der Waals surface area contributed by atoms with Crippen molar-refractivity contribution in [2.75, 3.05) is 0 Å². The summed E-state index contributed by atoms with van der Waals surface area (Å²) in [6.07, 6.45) is 0. The maximum absolute atomic E-state index is 10.8. The zero-order valence-electron chi connectivity index (χ0n) is 5.74. The monoisotopic (exact) mass is 304 g/mol. The van der Waals surface area contributed by atoms with Gasteiger partial charge in [-0.1, -0.05) is 69.6 Å². The van der Waals surface area contributed by atoms with Gasteiger partial charge in [0, 0.05) is 0 Å². The minimum Gasteiger partial charge on any atom is -0.424 e. The van der Waals surface area contributed by atoms with Crippen LogP contribution in [0.15, 0.2) is 10.3 Å². The molecule has 0 spiro atoms. The van der Waals surface area contributed by atoms with Gasteiger partial charge in [-0.3, -0.25) is 0 Å². The predicted molar refractivity (Wildman–Crippen MR) is 55.8 cm³/mol. The van der Waals surface area contributed by atoms with E-state index in [-0.39, 0.29) is 10.3 Å². The van der Waals surface area contributed by atoms with Crippen molar-refractivity contribution in [3.63, 3.8) is 0 Å². The van der Waals surface area contributed by atoms with E-state index in [1.165, 1.54) is 0 Å². The van der Waals surface area contributed by atoms with Crippen molar-refractivity contribution >= 4 is 75.6 Å².